The summed E-state index contributed by atoms with van der Waals surface area (Å²) in [5, 5.41) is 23.3. The molecule has 13 heteroatoms. The molecule has 0 radical (unpaired) electrons. The lowest BCUT2D eigenvalue weighted by atomic mass is 9.97. The standard InChI is InChI=1S/C27H33NO6.C11H22N2O4.C6H12.2CH4/c1-27(2,3)34-26(32)28-15-9-8-10-18(25(30)31)16-24(29)33-17-23-21-13-6-4-11-19(21)20-12-5-7-14-22(20)23;1-11(2,3)17-10(16)13-7-5-4-6-8(12)9(14)15;1-2-4-6-5-3-1;;/h4-7,11-14,18,23H,8-10,15-17H2,1-3H3,(H,28,32)(H,30,31);8H,4-7,12H2,1-3H3,(H,13,16)(H,14,15);1-6H2;2*1H4/t18-;8-;;;/m10.../s1. The van der Waals surface area contributed by atoms with Crippen LogP contribution in [-0.2, 0) is 28.6 Å². The second kappa shape index (κ2) is 27.9. The molecule has 0 saturated heterocycles. The third kappa shape index (κ3) is 22.9. The molecule has 1 fully saturated rings. The number of ether oxygens (including phenoxy) is 3. The number of amides is 2. The van der Waals surface area contributed by atoms with Crippen molar-refractivity contribution in [3.63, 3.8) is 0 Å². The van der Waals surface area contributed by atoms with E-state index in [2.05, 4.69) is 22.8 Å². The summed E-state index contributed by atoms with van der Waals surface area (Å²) in [7, 11) is 0. The van der Waals surface area contributed by atoms with Crippen LogP contribution in [0.3, 0.4) is 0 Å². The summed E-state index contributed by atoms with van der Waals surface area (Å²) in [5.74, 6) is -3.41. The highest BCUT2D eigenvalue weighted by atomic mass is 16.6. The van der Waals surface area contributed by atoms with Gasteiger partial charge in [0, 0.05) is 19.0 Å². The van der Waals surface area contributed by atoms with Crippen LogP contribution in [0.15, 0.2) is 48.5 Å². The van der Waals surface area contributed by atoms with Crippen molar-refractivity contribution in [3.05, 3.63) is 59.7 Å². The quantitative estimate of drug-likeness (QED) is 0.0612. The number of rotatable bonds is 16. The van der Waals surface area contributed by atoms with Gasteiger partial charge in [0.15, 0.2) is 0 Å². The van der Waals surface area contributed by atoms with Crippen molar-refractivity contribution < 1.29 is 48.4 Å². The number of hydrogen-bond acceptors (Lipinski definition) is 9. The molecule has 4 rings (SSSR count). The topological polar surface area (TPSA) is 204 Å². The first-order chi connectivity index (χ1) is 26.9. The number of unbranched alkanes of at least 4 members (excludes halogenated alkanes) is 2. The summed E-state index contributed by atoms with van der Waals surface area (Å²) in [4.78, 5) is 57.4. The Morgan fingerprint density at radius 3 is 1.46 bits per heavy atom. The second-order valence-electron chi connectivity index (χ2n) is 16.6. The van der Waals surface area contributed by atoms with Crippen molar-refractivity contribution in [3.8, 4) is 11.1 Å². The van der Waals surface area contributed by atoms with Gasteiger partial charge in [-0.25, -0.2) is 9.59 Å². The number of carboxylic acids is 2. The Morgan fingerprint density at radius 1 is 0.661 bits per heavy atom. The molecule has 0 unspecified atom stereocenters. The van der Waals surface area contributed by atoms with Crippen LogP contribution in [0.5, 0.6) is 0 Å². The van der Waals surface area contributed by atoms with Gasteiger partial charge in [0.1, 0.15) is 23.9 Å². The van der Waals surface area contributed by atoms with Crippen LogP contribution in [0.2, 0.25) is 0 Å². The Morgan fingerprint density at radius 2 is 1.07 bits per heavy atom. The summed E-state index contributed by atoms with van der Waals surface area (Å²) < 4.78 is 15.7. The number of carbonyl (C=O) groups is 5. The Hall–Kier alpha value is -4.65. The zero-order valence-electron chi connectivity index (χ0n) is 34.9. The van der Waals surface area contributed by atoms with Gasteiger partial charge in [-0.3, -0.25) is 14.4 Å². The van der Waals surface area contributed by atoms with Gasteiger partial charge in [0.2, 0.25) is 0 Å². The zero-order valence-corrected chi connectivity index (χ0v) is 34.9. The molecule has 2 amide bonds. The molecule has 2 aliphatic rings. The highest BCUT2D eigenvalue weighted by Gasteiger charge is 2.30. The van der Waals surface area contributed by atoms with Crippen LogP contribution in [0.4, 0.5) is 9.59 Å². The normalized spacial score (nSPS) is 13.9. The maximum absolute atomic E-state index is 12.5. The van der Waals surface area contributed by atoms with E-state index in [-0.39, 0.29) is 33.8 Å². The van der Waals surface area contributed by atoms with Crippen molar-refractivity contribution >= 4 is 30.1 Å². The maximum Gasteiger partial charge on any atom is 0.407 e. The fourth-order valence-electron chi connectivity index (χ4n) is 6.39. The fraction of sp³-hybridized carbons (Fsp3) is 0.630. The first kappa shape index (κ1) is 54.3. The van der Waals surface area contributed by atoms with Crippen LogP contribution in [0.1, 0.15) is 157 Å². The summed E-state index contributed by atoms with van der Waals surface area (Å²) in [6.07, 6.45) is 11.1. The lowest BCUT2D eigenvalue weighted by Gasteiger charge is -2.19. The number of alkyl carbamates (subject to hydrolysis) is 2. The molecule has 2 atom stereocenters. The minimum absolute atomic E-state index is 0. The number of carbonyl (C=O) groups excluding carboxylic acids is 3. The van der Waals surface area contributed by atoms with Gasteiger partial charge in [0.05, 0.1) is 12.3 Å². The number of carboxylic acid groups (broad SMARTS) is 2. The molecule has 0 aromatic heterocycles. The van der Waals surface area contributed by atoms with Crippen molar-refractivity contribution in [2.24, 2.45) is 11.7 Å². The van der Waals surface area contributed by atoms with E-state index in [4.69, 9.17) is 25.1 Å². The molecule has 1 saturated carbocycles. The van der Waals surface area contributed by atoms with Crippen LogP contribution >= 0.6 is 0 Å². The predicted molar refractivity (Wildman–Crippen MR) is 233 cm³/mol. The molecule has 0 heterocycles. The number of nitrogens with one attached hydrogen (secondary N) is 2. The molecule has 2 aromatic carbocycles. The largest absolute Gasteiger partial charge is 0.481 e. The summed E-state index contributed by atoms with van der Waals surface area (Å²) in [6, 6.07) is 15.3. The molecule has 0 bridgehead atoms. The molecule has 6 N–H and O–H groups in total. The Kier molecular flexibility index (Phi) is 25.7. The Bertz CT molecular complexity index is 1510. The number of hydrogen-bond donors (Lipinski definition) is 5. The molecule has 59 heavy (non-hydrogen) atoms. The van der Waals surface area contributed by atoms with Crippen LogP contribution < -0.4 is 16.4 Å². The molecule has 2 aliphatic carbocycles. The first-order valence-corrected chi connectivity index (χ1v) is 20.4. The highest BCUT2D eigenvalue weighted by Crippen LogP contribution is 2.44. The van der Waals surface area contributed by atoms with Gasteiger partial charge in [-0.15, -0.1) is 0 Å². The van der Waals surface area contributed by atoms with Gasteiger partial charge < -0.3 is 40.8 Å². The van der Waals surface area contributed by atoms with Gasteiger partial charge in [-0.05, 0) is 95.9 Å². The van der Waals surface area contributed by atoms with Crippen LogP contribution in [-0.4, -0.2) is 77.2 Å². The van der Waals surface area contributed by atoms with Crippen molar-refractivity contribution in [2.45, 2.75) is 163 Å². The SMILES string of the molecule is C.C.C1CCCCC1.CC(C)(C)OC(=O)NCCCC[C@H](CC(=O)OCC1c2ccccc2-c2ccccc21)C(=O)O.CC(C)(C)OC(=O)NCCCC[C@H](N)C(=O)O. The van der Waals surface area contributed by atoms with Gasteiger partial charge in [0.25, 0.3) is 0 Å². The summed E-state index contributed by atoms with van der Waals surface area (Å²) >= 11 is 0. The van der Waals surface area contributed by atoms with E-state index < -0.39 is 53.3 Å². The molecule has 13 nitrogen and oxygen atoms in total. The van der Waals surface area contributed by atoms with E-state index in [9.17, 15) is 29.1 Å². The average molecular weight is 830 g/mol. The summed E-state index contributed by atoms with van der Waals surface area (Å²) in [5.41, 5.74) is 8.77. The monoisotopic (exact) mass is 830 g/mol. The molecular formula is C46H75N3O10. The van der Waals surface area contributed by atoms with Crippen LogP contribution in [0, 0.1) is 5.92 Å². The number of aliphatic carboxylic acids is 2. The minimum atomic E-state index is -1.02. The number of benzene rings is 2. The van der Waals surface area contributed by atoms with Crippen molar-refractivity contribution in [1.29, 1.82) is 0 Å². The second-order valence-corrected chi connectivity index (χ2v) is 16.6. The molecular weight excluding hydrogens is 755 g/mol. The van der Waals surface area contributed by atoms with Gasteiger partial charge in [-0.1, -0.05) is 108 Å². The van der Waals surface area contributed by atoms with E-state index in [0.717, 1.165) is 22.3 Å². The maximum atomic E-state index is 12.5. The van der Waals surface area contributed by atoms with Crippen molar-refractivity contribution in [2.75, 3.05) is 19.7 Å². The van der Waals surface area contributed by atoms with E-state index >= 15 is 0 Å². The first-order valence-electron chi connectivity index (χ1n) is 20.4. The number of nitrogens with two attached hydrogens (primary N) is 1. The smallest absolute Gasteiger partial charge is 0.407 e. The minimum Gasteiger partial charge on any atom is -0.481 e. The molecule has 2 aromatic rings. The highest BCUT2D eigenvalue weighted by molar-refractivity contribution is 5.80. The van der Waals surface area contributed by atoms with E-state index in [1.165, 1.54) is 38.5 Å². The zero-order chi connectivity index (χ0) is 42.4. The summed E-state index contributed by atoms with van der Waals surface area (Å²) in [6.45, 7) is 11.7. The molecule has 334 valence electrons. The van der Waals surface area contributed by atoms with E-state index in [0.29, 0.717) is 51.6 Å². The lowest BCUT2D eigenvalue weighted by molar-refractivity contribution is -0.152. The predicted octanol–water partition coefficient (Wildman–Crippen LogP) is 9.83. The Labute approximate surface area is 353 Å². The van der Waals surface area contributed by atoms with Gasteiger partial charge >= 0.3 is 30.1 Å². The average Bonchev–Trinajstić information content (AvgIpc) is 3.46. The van der Waals surface area contributed by atoms with Gasteiger partial charge in [-0.2, -0.15) is 0 Å². The molecule has 0 spiro atoms. The molecule has 0 aliphatic heterocycles. The van der Waals surface area contributed by atoms with E-state index in [1.54, 1.807) is 41.5 Å². The number of esters is 1. The lowest BCUT2D eigenvalue weighted by Crippen LogP contribution is -2.33. The van der Waals surface area contributed by atoms with Crippen LogP contribution in [0.25, 0.3) is 11.1 Å². The number of fused-ring (bicyclic) bond motifs is 3. The van der Waals surface area contributed by atoms with Crippen molar-refractivity contribution in [1.82, 2.24) is 10.6 Å². The third-order valence-corrected chi connectivity index (χ3v) is 9.21. The third-order valence-electron chi connectivity index (χ3n) is 9.21. The Balaban J connectivity index is 0.00000112. The fourth-order valence-corrected chi connectivity index (χ4v) is 6.39. The van der Waals surface area contributed by atoms with E-state index in [1.807, 2.05) is 36.4 Å².